The van der Waals surface area contributed by atoms with Crippen molar-refractivity contribution >= 4 is 34.9 Å². The largest absolute Gasteiger partial charge is 0.484 e. The number of hydrogen-bond acceptors (Lipinski definition) is 8. The number of anilines is 1. The number of nitrogens with one attached hydrogen (secondary N) is 3. The van der Waals surface area contributed by atoms with Crippen LogP contribution in [0.25, 0.3) is 5.65 Å². The van der Waals surface area contributed by atoms with Crippen molar-refractivity contribution < 1.29 is 9.53 Å². The smallest absolute Gasteiger partial charge is 0.320 e. The maximum atomic E-state index is 13.7. The van der Waals surface area contributed by atoms with Gasteiger partial charge in [0.15, 0.2) is 5.65 Å². The van der Waals surface area contributed by atoms with Gasteiger partial charge >= 0.3 is 6.03 Å². The number of pyridine rings is 1. The molecule has 0 bridgehead atoms. The molecule has 2 saturated heterocycles. The third-order valence-corrected chi connectivity index (χ3v) is 11.0. The van der Waals surface area contributed by atoms with Crippen LogP contribution < -0.4 is 20.3 Å². The number of amidine groups is 1. The molecule has 3 unspecified atom stereocenters. The number of aliphatic imine (C=N–C) groups is 1. The number of fused-ring (bicyclic) bond motifs is 2. The molecule has 2 fully saturated rings. The van der Waals surface area contributed by atoms with Gasteiger partial charge in [-0.2, -0.15) is 0 Å². The highest BCUT2D eigenvalue weighted by Crippen LogP contribution is 2.39. The number of likely N-dealkylation sites (tertiary alicyclic amines) is 1. The Hall–Kier alpha value is -4.77. The van der Waals surface area contributed by atoms with Gasteiger partial charge in [0.25, 0.3) is 0 Å². The number of hydrogen-bond donors (Lipinski definition) is 3. The van der Waals surface area contributed by atoms with E-state index in [2.05, 4.69) is 61.8 Å². The zero-order chi connectivity index (χ0) is 37.0. The number of urea groups is 1. The lowest BCUT2D eigenvalue weighted by molar-refractivity contribution is 0.171. The molecule has 11 nitrogen and oxygen atoms in total. The molecule has 4 heterocycles. The van der Waals surface area contributed by atoms with E-state index in [0.29, 0.717) is 24.0 Å². The van der Waals surface area contributed by atoms with Crippen LogP contribution in [-0.2, 0) is 6.54 Å². The molecule has 0 saturated carbocycles. The summed E-state index contributed by atoms with van der Waals surface area (Å²) in [6.45, 7) is 12.4. The molecule has 2 aliphatic heterocycles. The number of piperidine rings is 2. The Morgan fingerprint density at radius 3 is 2.51 bits per heavy atom. The summed E-state index contributed by atoms with van der Waals surface area (Å²) in [5, 5.41) is 24.0. The minimum Gasteiger partial charge on any atom is -0.484 e. The first-order valence-corrected chi connectivity index (χ1v) is 19.5. The zero-order valence-corrected chi connectivity index (χ0v) is 31.8. The fraction of sp³-hybridized carbons (Fsp3) is 0.500. The number of amides is 2. The van der Waals surface area contributed by atoms with Crippen LogP contribution in [0.1, 0.15) is 114 Å². The second kappa shape index (κ2) is 16.1. The highest BCUT2D eigenvalue weighted by molar-refractivity contribution is 6.09. The van der Waals surface area contributed by atoms with Crippen LogP contribution in [0.2, 0.25) is 0 Å². The van der Waals surface area contributed by atoms with E-state index in [9.17, 15) is 4.79 Å². The van der Waals surface area contributed by atoms with Gasteiger partial charge in [-0.15, -0.1) is 10.2 Å². The highest BCUT2D eigenvalue weighted by Gasteiger charge is 2.30. The average molecular weight is 718 g/mol. The second-order valence-corrected chi connectivity index (χ2v) is 16.1. The Morgan fingerprint density at radius 1 is 0.925 bits per heavy atom. The lowest BCUT2D eigenvalue weighted by atomic mass is 9.85. The SMILES string of the molecule is CC1CCCCN1c1nnc2ccc(OC3CCC(NC(=O)NC(CC(=N)C(C)(C)C)=Nc4cccc(CN5CCCCC5)c4)c4ccccc43)cn12. The summed E-state index contributed by atoms with van der Waals surface area (Å²) in [6, 6.07) is 20.3. The summed E-state index contributed by atoms with van der Waals surface area (Å²) < 4.78 is 8.72. The number of aromatic nitrogens is 3. The number of carbonyl (C=O) groups excluding carboxylic acids is 1. The van der Waals surface area contributed by atoms with Gasteiger partial charge in [-0.3, -0.25) is 14.6 Å². The maximum absolute atomic E-state index is 13.7. The van der Waals surface area contributed by atoms with Crippen molar-refractivity contribution in [2.45, 2.75) is 110 Å². The molecule has 2 aromatic heterocycles. The minimum atomic E-state index is -0.348. The zero-order valence-electron chi connectivity index (χ0n) is 31.8. The lowest BCUT2D eigenvalue weighted by Gasteiger charge is -2.33. The van der Waals surface area contributed by atoms with E-state index in [4.69, 9.17) is 15.1 Å². The van der Waals surface area contributed by atoms with Crippen LogP contribution in [0.3, 0.4) is 0 Å². The summed E-state index contributed by atoms with van der Waals surface area (Å²) in [5.74, 6) is 2.09. The highest BCUT2D eigenvalue weighted by atomic mass is 16.5. The molecule has 2 amide bonds. The predicted octanol–water partition coefficient (Wildman–Crippen LogP) is 8.53. The lowest BCUT2D eigenvalue weighted by Crippen LogP contribution is -2.43. The van der Waals surface area contributed by atoms with Crippen LogP contribution in [0.4, 0.5) is 16.4 Å². The molecule has 3 N–H and O–H groups in total. The quantitative estimate of drug-likeness (QED) is 0.118. The van der Waals surface area contributed by atoms with Crippen LogP contribution >= 0.6 is 0 Å². The first kappa shape index (κ1) is 36.6. The van der Waals surface area contributed by atoms with Crippen molar-refractivity contribution in [2.75, 3.05) is 24.5 Å². The van der Waals surface area contributed by atoms with Gasteiger partial charge in [-0.05, 0) is 111 Å². The molecule has 53 heavy (non-hydrogen) atoms. The van der Waals surface area contributed by atoms with Crippen LogP contribution in [0.5, 0.6) is 5.75 Å². The third-order valence-electron chi connectivity index (χ3n) is 11.0. The normalized spacial score (nSPS) is 21.2. The van der Waals surface area contributed by atoms with Crippen molar-refractivity contribution in [1.82, 2.24) is 30.1 Å². The minimum absolute atomic E-state index is 0.166. The van der Waals surface area contributed by atoms with Crippen molar-refractivity contribution in [1.29, 1.82) is 5.41 Å². The van der Waals surface area contributed by atoms with E-state index in [1.165, 1.54) is 31.2 Å². The summed E-state index contributed by atoms with van der Waals surface area (Å²) in [6.07, 6.45) is 10.9. The molecule has 11 heteroatoms. The van der Waals surface area contributed by atoms with Gasteiger partial charge in [0.2, 0.25) is 5.95 Å². The van der Waals surface area contributed by atoms with Gasteiger partial charge in [-0.1, -0.05) is 63.6 Å². The Morgan fingerprint density at radius 2 is 1.72 bits per heavy atom. The van der Waals surface area contributed by atoms with Gasteiger partial charge in [0, 0.05) is 31.3 Å². The van der Waals surface area contributed by atoms with E-state index in [0.717, 1.165) is 79.6 Å². The average Bonchev–Trinajstić information content (AvgIpc) is 3.56. The first-order chi connectivity index (χ1) is 25.6. The summed E-state index contributed by atoms with van der Waals surface area (Å²) in [7, 11) is 0. The summed E-state index contributed by atoms with van der Waals surface area (Å²) in [5.41, 5.74) is 5.05. The van der Waals surface area contributed by atoms with Crippen molar-refractivity contribution in [3.05, 3.63) is 83.6 Å². The second-order valence-electron chi connectivity index (χ2n) is 16.1. The molecular formula is C42H55N9O2. The monoisotopic (exact) mass is 717 g/mol. The predicted molar refractivity (Wildman–Crippen MR) is 212 cm³/mol. The van der Waals surface area contributed by atoms with E-state index in [-0.39, 0.29) is 30.0 Å². The number of carbonyl (C=O) groups is 1. The van der Waals surface area contributed by atoms with Crippen molar-refractivity contribution in [3.8, 4) is 5.75 Å². The molecule has 4 aromatic rings. The topological polar surface area (TPSA) is 123 Å². The van der Waals surface area contributed by atoms with Crippen LogP contribution in [-0.4, -0.2) is 62.8 Å². The Kier molecular flexibility index (Phi) is 11.1. The molecule has 0 radical (unpaired) electrons. The Balaban J connectivity index is 1.05. The Labute approximate surface area is 313 Å². The van der Waals surface area contributed by atoms with Crippen LogP contribution in [0, 0.1) is 10.8 Å². The molecule has 7 rings (SSSR count). The summed E-state index contributed by atoms with van der Waals surface area (Å²) >= 11 is 0. The van der Waals surface area contributed by atoms with E-state index in [1.54, 1.807) is 0 Å². The molecule has 2 aromatic carbocycles. The number of benzene rings is 2. The Bertz CT molecular complexity index is 1940. The van der Waals surface area contributed by atoms with Gasteiger partial charge in [-0.25, -0.2) is 9.79 Å². The first-order valence-electron chi connectivity index (χ1n) is 19.5. The third kappa shape index (κ3) is 8.89. The fourth-order valence-electron chi connectivity index (χ4n) is 7.83. The molecule has 0 spiro atoms. The van der Waals surface area contributed by atoms with E-state index >= 15 is 0 Å². The number of rotatable bonds is 9. The molecule has 280 valence electrons. The standard InChI is InChI=1S/C42H55N9O2/c1-29-13-8-11-24-50(29)41-48-47-39-21-18-32(28-51(39)41)53-36-20-19-35(33-16-6-7-17-34(33)36)45-40(52)46-38(26-37(43)42(2,3)4)44-31-15-12-14-30(25-31)27-49-22-9-5-10-23-49/h6-7,12,14-18,21,25,28-29,35-36,43H,5,8-11,13,19-20,22-24,26-27H2,1-4H3,(H2,44,45,46,52). The van der Waals surface area contributed by atoms with Crippen LogP contribution in [0.15, 0.2) is 71.9 Å². The van der Waals surface area contributed by atoms with E-state index < -0.39 is 0 Å². The van der Waals surface area contributed by atoms with Gasteiger partial charge in [0.05, 0.1) is 17.9 Å². The van der Waals surface area contributed by atoms with Crippen molar-refractivity contribution in [3.63, 3.8) is 0 Å². The molecule has 3 atom stereocenters. The number of ether oxygens (including phenoxy) is 1. The maximum Gasteiger partial charge on any atom is 0.320 e. The van der Waals surface area contributed by atoms with Gasteiger partial charge < -0.3 is 20.4 Å². The van der Waals surface area contributed by atoms with E-state index in [1.807, 2.05) is 67.8 Å². The summed E-state index contributed by atoms with van der Waals surface area (Å²) in [4.78, 5) is 23.5. The fourth-order valence-corrected chi connectivity index (χ4v) is 7.83. The van der Waals surface area contributed by atoms with Gasteiger partial charge in [0.1, 0.15) is 17.7 Å². The number of nitrogens with zero attached hydrogens (tertiary/aromatic N) is 6. The molecule has 1 aliphatic carbocycles. The van der Waals surface area contributed by atoms with Crippen molar-refractivity contribution in [2.24, 2.45) is 10.4 Å². The molecule has 3 aliphatic rings. The molecular weight excluding hydrogens is 663 g/mol.